The van der Waals surface area contributed by atoms with E-state index in [0.717, 1.165) is 49.3 Å². The number of likely N-dealkylation sites (tertiary alicyclic amines) is 1. The van der Waals surface area contributed by atoms with Gasteiger partial charge in [-0.05, 0) is 49.4 Å². The molecule has 0 saturated carbocycles. The summed E-state index contributed by atoms with van der Waals surface area (Å²) in [5.74, 6) is 0.599. The highest BCUT2D eigenvalue weighted by atomic mass is 16.2. The molecular weight excluding hydrogens is 400 g/mol. The zero-order valence-electron chi connectivity index (χ0n) is 18.2. The van der Waals surface area contributed by atoms with Crippen LogP contribution in [0.2, 0.25) is 0 Å². The number of anilines is 1. The molecule has 3 aromatic rings. The Morgan fingerprint density at radius 2 is 1.91 bits per heavy atom. The molecule has 1 spiro atoms. The molecule has 2 aromatic carbocycles. The van der Waals surface area contributed by atoms with Gasteiger partial charge in [0.2, 0.25) is 5.91 Å². The lowest BCUT2D eigenvalue weighted by molar-refractivity contribution is -0.114. The van der Waals surface area contributed by atoms with Crippen molar-refractivity contribution in [2.45, 2.75) is 38.0 Å². The Labute approximate surface area is 187 Å². The van der Waals surface area contributed by atoms with Gasteiger partial charge in [0.05, 0.1) is 5.69 Å². The lowest BCUT2D eigenvalue weighted by Gasteiger charge is -2.40. The van der Waals surface area contributed by atoms with Gasteiger partial charge in [0.25, 0.3) is 5.91 Å². The molecule has 2 heterocycles. The fourth-order valence-electron chi connectivity index (χ4n) is 5.09. The standard InChI is InChI=1S/C26H26N4O2/c1-18(31)28-22-10-5-9-20(15-22)25(32)30-14-6-12-26(17-30)13-11-21-16-27-24(29-23(21)26)19-7-3-2-4-8-19/h2-5,7-10,15-16H,6,11-14,17H2,1H3,(H,28,31). The van der Waals surface area contributed by atoms with Gasteiger partial charge in [-0.25, -0.2) is 9.97 Å². The number of carbonyl (C=O) groups excluding carboxylic acids is 2. The minimum Gasteiger partial charge on any atom is -0.338 e. The Morgan fingerprint density at radius 1 is 1.06 bits per heavy atom. The molecule has 0 bridgehead atoms. The van der Waals surface area contributed by atoms with Crippen LogP contribution in [-0.2, 0) is 16.6 Å². The van der Waals surface area contributed by atoms with E-state index in [2.05, 4.69) is 10.3 Å². The topological polar surface area (TPSA) is 75.2 Å². The molecule has 5 rings (SSSR count). The van der Waals surface area contributed by atoms with Crippen molar-refractivity contribution in [2.24, 2.45) is 0 Å². The average molecular weight is 427 g/mol. The molecule has 1 atom stereocenters. The largest absolute Gasteiger partial charge is 0.338 e. The van der Waals surface area contributed by atoms with Crippen molar-refractivity contribution in [3.8, 4) is 11.4 Å². The summed E-state index contributed by atoms with van der Waals surface area (Å²) in [6.07, 6.45) is 5.88. The number of hydrogen-bond acceptors (Lipinski definition) is 4. The summed E-state index contributed by atoms with van der Waals surface area (Å²) in [4.78, 5) is 36.3. The zero-order valence-corrected chi connectivity index (χ0v) is 18.2. The Kier molecular flexibility index (Phi) is 5.21. The van der Waals surface area contributed by atoms with Gasteiger partial charge in [0, 0.05) is 48.4 Å². The molecule has 1 N–H and O–H groups in total. The molecule has 2 aliphatic rings. The van der Waals surface area contributed by atoms with Crippen LogP contribution in [0.4, 0.5) is 5.69 Å². The number of benzene rings is 2. The summed E-state index contributed by atoms with van der Waals surface area (Å²) in [5.41, 5.74) is 4.43. The van der Waals surface area contributed by atoms with E-state index >= 15 is 0 Å². The Bertz CT molecular complexity index is 1170. The first-order valence-corrected chi connectivity index (χ1v) is 11.1. The van der Waals surface area contributed by atoms with Crippen LogP contribution in [0.3, 0.4) is 0 Å². The molecular formula is C26H26N4O2. The predicted molar refractivity (Wildman–Crippen MR) is 123 cm³/mol. The summed E-state index contributed by atoms with van der Waals surface area (Å²) in [6.45, 7) is 2.86. The average Bonchev–Trinajstić information content (AvgIpc) is 3.16. The molecule has 1 aliphatic heterocycles. The van der Waals surface area contributed by atoms with Crippen molar-refractivity contribution >= 4 is 17.5 Å². The van der Waals surface area contributed by atoms with Crippen LogP contribution in [0.5, 0.6) is 0 Å². The Morgan fingerprint density at radius 3 is 2.72 bits per heavy atom. The van der Waals surface area contributed by atoms with Gasteiger partial charge in [0.15, 0.2) is 5.82 Å². The second-order valence-corrected chi connectivity index (χ2v) is 8.81. The molecule has 1 saturated heterocycles. The fraction of sp³-hybridized carbons (Fsp3) is 0.308. The van der Waals surface area contributed by atoms with Crippen LogP contribution < -0.4 is 5.32 Å². The lowest BCUT2D eigenvalue weighted by Crippen LogP contribution is -2.48. The van der Waals surface area contributed by atoms with E-state index in [0.29, 0.717) is 17.8 Å². The highest BCUT2D eigenvalue weighted by Crippen LogP contribution is 2.44. The fourth-order valence-corrected chi connectivity index (χ4v) is 5.09. The van der Waals surface area contributed by atoms with E-state index in [1.54, 1.807) is 12.1 Å². The third kappa shape index (κ3) is 3.77. The monoisotopic (exact) mass is 426 g/mol. The molecule has 1 aliphatic carbocycles. The van der Waals surface area contributed by atoms with E-state index in [1.807, 2.05) is 53.6 Å². The summed E-state index contributed by atoms with van der Waals surface area (Å²) in [5, 5.41) is 2.76. The molecule has 6 nitrogen and oxygen atoms in total. The highest BCUT2D eigenvalue weighted by Gasteiger charge is 2.44. The number of hydrogen-bond donors (Lipinski definition) is 1. The second-order valence-electron chi connectivity index (χ2n) is 8.81. The van der Waals surface area contributed by atoms with Gasteiger partial charge in [0.1, 0.15) is 0 Å². The number of aryl methyl sites for hydroxylation is 1. The van der Waals surface area contributed by atoms with Crippen molar-refractivity contribution in [2.75, 3.05) is 18.4 Å². The maximum Gasteiger partial charge on any atom is 0.253 e. The van der Waals surface area contributed by atoms with Crippen LogP contribution in [0.15, 0.2) is 60.8 Å². The quantitative estimate of drug-likeness (QED) is 0.680. The van der Waals surface area contributed by atoms with Crippen LogP contribution in [0, 0.1) is 0 Å². The molecule has 0 radical (unpaired) electrons. The number of rotatable bonds is 3. The third-order valence-electron chi connectivity index (χ3n) is 6.57. The molecule has 6 heteroatoms. The van der Waals surface area contributed by atoms with E-state index in [-0.39, 0.29) is 17.2 Å². The number of carbonyl (C=O) groups is 2. The van der Waals surface area contributed by atoms with Crippen LogP contribution in [0.1, 0.15) is 47.8 Å². The van der Waals surface area contributed by atoms with Gasteiger partial charge in [-0.3, -0.25) is 9.59 Å². The smallest absolute Gasteiger partial charge is 0.253 e. The number of nitrogens with one attached hydrogen (secondary N) is 1. The summed E-state index contributed by atoms with van der Waals surface area (Å²) >= 11 is 0. The number of amides is 2. The minimum atomic E-state index is -0.150. The summed E-state index contributed by atoms with van der Waals surface area (Å²) in [6, 6.07) is 17.2. The molecule has 162 valence electrons. The minimum absolute atomic E-state index is 0.00191. The van der Waals surface area contributed by atoms with Crippen molar-refractivity contribution < 1.29 is 9.59 Å². The van der Waals surface area contributed by atoms with Crippen molar-refractivity contribution in [3.05, 3.63) is 77.6 Å². The third-order valence-corrected chi connectivity index (χ3v) is 6.57. The summed E-state index contributed by atoms with van der Waals surface area (Å²) in [7, 11) is 0. The lowest BCUT2D eigenvalue weighted by atomic mass is 9.77. The van der Waals surface area contributed by atoms with Gasteiger partial charge in [-0.2, -0.15) is 0 Å². The number of piperidine rings is 1. The maximum absolute atomic E-state index is 13.4. The number of fused-ring (bicyclic) bond motifs is 2. The zero-order chi connectivity index (χ0) is 22.1. The highest BCUT2D eigenvalue weighted by molar-refractivity contribution is 5.97. The first-order chi connectivity index (χ1) is 15.5. The van der Waals surface area contributed by atoms with Gasteiger partial charge < -0.3 is 10.2 Å². The number of aromatic nitrogens is 2. The second kappa shape index (κ2) is 8.19. The normalized spacial score (nSPS) is 19.6. The van der Waals surface area contributed by atoms with Crippen LogP contribution in [-0.4, -0.2) is 39.8 Å². The van der Waals surface area contributed by atoms with Crippen LogP contribution in [0.25, 0.3) is 11.4 Å². The van der Waals surface area contributed by atoms with Gasteiger partial charge in [-0.15, -0.1) is 0 Å². The number of nitrogens with zero attached hydrogens (tertiary/aromatic N) is 3. The molecule has 1 unspecified atom stereocenters. The van der Waals surface area contributed by atoms with Crippen molar-refractivity contribution in [3.63, 3.8) is 0 Å². The van der Waals surface area contributed by atoms with E-state index in [1.165, 1.54) is 12.5 Å². The molecule has 32 heavy (non-hydrogen) atoms. The Hall–Kier alpha value is -3.54. The Balaban J connectivity index is 1.43. The first kappa shape index (κ1) is 20.4. The van der Waals surface area contributed by atoms with Gasteiger partial charge in [-0.1, -0.05) is 36.4 Å². The maximum atomic E-state index is 13.4. The van der Waals surface area contributed by atoms with E-state index < -0.39 is 0 Å². The van der Waals surface area contributed by atoms with E-state index in [4.69, 9.17) is 4.98 Å². The molecule has 2 amide bonds. The molecule has 1 fully saturated rings. The van der Waals surface area contributed by atoms with Crippen LogP contribution >= 0.6 is 0 Å². The van der Waals surface area contributed by atoms with Crippen molar-refractivity contribution in [1.82, 2.24) is 14.9 Å². The predicted octanol–water partition coefficient (Wildman–Crippen LogP) is 4.22. The van der Waals surface area contributed by atoms with Gasteiger partial charge >= 0.3 is 0 Å². The summed E-state index contributed by atoms with van der Waals surface area (Å²) < 4.78 is 0. The molecule has 1 aromatic heterocycles. The van der Waals surface area contributed by atoms with Crippen molar-refractivity contribution in [1.29, 1.82) is 0 Å². The SMILES string of the molecule is CC(=O)Nc1cccc(C(=O)N2CCCC3(CCc4cnc(-c5ccccc5)nc43)C2)c1. The van der Waals surface area contributed by atoms with E-state index in [9.17, 15) is 9.59 Å². The first-order valence-electron chi connectivity index (χ1n) is 11.1.